The molecule has 2 atom stereocenters. The van der Waals surface area contributed by atoms with E-state index in [9.17, 15) is 41.0 Å². The summed E-state index contributed by atoms with van der Waals surface area (Å²) in [6.07, 6.45) is 13.3. The Balaban J connectivity index is 0.000000170. The summed E-state index contributed by atoms with van der Waals surface area (Å²) in [5, 5.41) is 22.3. The fourth-order valence-electron chi connectivity index (χ4n) is 15.0. The molecule has 0 unspecified atom stereocenters. The molecule has 1 saturated carbocycles. The second kappa shape index (κ2) is 42.8. The zero-order valence-electron chi connectivity index (χ0n) is 70.8. The van der Waals surface area contributed by atoms with Crippen LogP contribution >= 0.6 is 85.5 Å². The number of imidazole rings is 3. The highest BCUT2D eigenvalue weighted by molar-refractivity contribution is 9.09. The average molecular weight is 1920 g/mol. The van der Waals surface area contributed by atoms with Crippen LogP contribution in [0.4, 0.5) is 53.8 Å². The Bertz CT molecular complexity index is 5810. The molecule has 1 aliphatic carbocycles. The minimum Gasteiger partial charge on any atom is -0.508 e. The molecular formula is C89H96BrCl6F6N17O7. The number of aromatic nitrogens is 12. The van der Waals surface area contributed by atoms with E-state index in [0.29, 0.717) is 180 Å². The lowest BCUT2D eigenvalue weighted by Gasteiger charge is -2.34. The van der Waals surface area contributed by atoms with Gasteiger partial charge in [-0.3, -0.25) is 0 Å². The molecule has 2 aliphatic heterocycles. The highest BCUT2D eigenvalue weighted by atomic mass is 79.9. The van der Waals surface area contributed by atoms with Crippen LogP contribution in [-0.2, 0) is 48.7 Å². The standard InChI is InChI=1S/C31H34Cl2F2N6O3.C29H30Cl2F2N6O3.C27H27Cl2F2N5O.C2H5Br/c1-5-43-20-12-21(32)26(22(33)13-20)28-38-25-15-37-29(36-14-18-8-9-23(34)24(35)11-18)39-27(25)41(28)17-19-7-6-10-40(16-19)30(42)44-31(2,3)4;1-29(2,3)42-28(41)38-8-4-5-17(14-38)15-39-25-23(36-26(39)24-19(30)10-18(40)11-20(24)31)13-35-27(37-25)34-12-16-6-7-21(32)22(33)9-16;1-2-37-18-11-19(28)24(20(29)12-18)26-34-23-14-33-27(32-13-17-8-9-21(30)22(31)10-17)35-25(23)36(26)15-16-6-4-3-5-7-16;1-2-3/h8-9,11-13,15,19H,5-7,10,14,16-17H2,1-4H3,(H,36,37,39);6-7,9-11,13,17,40H,4-5,8,12,14-15H2,1-3H3,(H,34,35,37);8-12,14,16H,2-7,13,15H2,1H3,(H,32,33,35);2H2,1H3/t19-;17-;;/m11../s1. The maximum Gasteiger partial charge on any atom is 0.410 e. The summed E-state index contributed by atoms with van der Waals surface area (Å²) in [5.41, 5.74) is 5.25. The van der Waals surface area contributed by atoms with Gasteiger partial charge in [-0.1, -0.05) is 130 Å². The largest absolute Gasteiger partial charge is 0.508 e. The number of carbonyl (C=O) groups excluding carboxylic acids is 2. The fourth-order valence-corrected chi connectivity index (χ4v) is 16.9. The minimum atomic E-state index is -0.941. The lowest BCUT2D eigenvalue weighted by atomic mass is 9.89. The maximum absolute atomic E-state index is 13.7. The number of hydrogen-bond donors (Lipinski definition) is 4. The first-order chi connectivity index (χ1) is 60.1. The van der Waals surface area contributed by atoms with Gasteiger partial charge in [0.15, 0.2) is 51.8 Å². The fraction of sp³-hybridized carbons (Fsp3) is 0.404. The molecule has 4 N–H and O–H groups in total. The number of aromatic hydroxyl groups is 1. The van der Waals surface area contributed by atoms with Gasteiger partial charge in [-0.2, -0.15) is 15.0 Å². The summed E-state index contributed by atoms with van der Waals surface area (Å²) in [4.78, 5) is 70.8. The Morgan fingerprint density at radius 2 is 0.738 bits per heavy atom. The van der Waals surface area contributed by atoms with Gasteiger partial charge in [0.25, 0.3) is 0 Å². The van der Waals surface area contributed by atoms with E-state index >= 15 is 0 Å². The predicted octanol–water partition coefficient (Wildman–Crippen LogP) is 23.8. The molecule has 0 spiro atoms. The van der Waals surface area contributed by atoms with Crippen molar-refractivity contribution in [3.05, 3.63) is 191 Å². The van der Waals surface area contributed by atoms with Crippen molar-refractivity contribution in [1.29, 1.82) is 0 Å². The van der Waals surface area contributed by atoms with Crippen LogP contribution < -0.4 is 25.4 Å². The zero-order chi connectivity index (χ0) is 90.4. The van der Waals surface area contributed by atoms with E-state index in [0.717, 1.165) is 86.8 Å². The SMILES string of the molecule is CC(C)(C)OC(=O)N1CCC[C@@H](Cn2c(-c3c(Cl)cc(O)cc3Cl)nc3cnc(NCc4ccc(F)c(F)c4)nc32)C1.CCBr.CCOc1cc(Cl)c(-c2nc3cnc(NCc4ccc(F)c(F)c4)nc3n2CC2CCCCC2)c(Cl)c1.CCOc1cc(Cl)c(-c2nc3cnc(NCc4ccc(F)c(F)c4)nc3n2C[C@@H]2CCCN(C(=O)OC(C)(C)C)C2)c(Cl)c1. The number of fused-ring (bicyclic) bond motifs is 3. The number of rotatable bonds is 22. The first-order valence-electron chi connectivity index (χ1n) is 41.3. The van der Waals surface area contributed by atoms with Gasteiger partial charge in [-0.05, 0) is 201 Å². The molecule has 6 aromatic heterocycles. The highest BCUT2D eigenvalue weighted by Gasteiger charge is 2.34. The monoisotopic (exact) mass is 1920 g/mol. The molecule has 2 saturated heterocycles. The number of phenolic OH excluding ortho intramolecular Hbond substituents is 1. The molecular weight excluding hydrogens is 1830 g/mol. The van der Waals surface area contributed by atoms with Crippen LogP contribution in [-0.4, -0.2) is 142 Å². The van der Waals surface area contributed by atoms with Gasteiger partial charge >= 0.3 is 12.2 Å². The van der Waals surface area contributed by atoms with E-state index in [-0.39, 0.29) is 71.3 Å². The Morgan fingerprint density at radius 1 is 0.437 bits per heavy atom. The number of piperidine rings is 2. The van der Waals surface area contributed by atoms with E-state index in [1.165, 1.54) is 49.6 Å². The molecule has 0 radical (unpaired) electrons. The molecule has 0 bridgehead atoms. The number of phenols is 1. The van der Waals surface area contributed by atoms with E-state index in [4.69, 9.17) is 118 Å². The van der Waals surface area contributed by atoms with Gasteiger partial charge in [0.2, 0.25) is 17.8 Å². The normalized spacial score (nSPS) is 15.0. The number of anilines is 3. The van der Waals surface area contributed by atoms with Gasteiger partial charge < -0.3 is 63.5 Å². The van der Waals surface area contributed by atoms with E-state index in [1.807, 2.05) is 71.4 Å². The second-order valence-electron chi connectivity index (χ2n) is 32.5. The molecule has 15 rings (SSSR count). The van der Waals surface area contributed by atoms with Crippen molar-refractivity contribution in [3.8, 4) is 51.4 Å². The van der Waals surface area contributed by atoms with Gasteiger partial charge in [-0.15, -0.1) is 0 Å². The summed E-state index contributed by atoms with van der Waals surface area (Å²) < 4.78 is 109. The van der Waals surface area contributed by atoms with Crippen molar-refractivity contribution in [2.24, 2.45) is 17.8 Å². The molecule has 8 heterocycles. The number of benzene rings is 6. The highest BCUT2D eigenvalue weighted by Crippen LogP contribution is 2.44. The third-order valence-electron chi connectivity index (χ3n) is 20.5. The first kappa shape index (κ1) is 95.2. The molecule has 12 aromatic rings. The molecule has 6 aromatic carbocycles. The quantitative estimate of drug-likeness (QED) is 0.0363. The van der Waals surface area contributed by atoms with Gasteiger partial charge in [0.1, 0.15) is 62.5 Å². The Labute approximate surface area is 763 Å². The number of nitrogens with one attached hydrogen (secondary N) is 3. The van der Waals surface area contributed by atoms with Crippen LogP contribution in [0.25, 0.3) is 67.7 Å². The Morgan fingerprint density at radius 3 is 1.04 bits per heavy atom. The number of likely N-dealkylation sites (tertiary alicyclic amines) is 2. The number of amides is 2. The van der Waals surface area contributed by atoms with Crippen molar-refractivity contribution >= 4 is 149 Å². The predicted molar refractivity (Wildman–Crippen MR) is 484 cm³/mol. The van der Waals surface area contributed by atoms with Crippen LogP contribution in [0.3, 0.4) is 0 Å². The first-order valence-corrected chi connectivity index (χ1v) is 44.7. The van der Waals surface area contributed by atoms with Crippen molar-refractivity contribution < 1.29 is 60.0 Å². The zero-order valence-corrected chi connectivity index (χ0v) is 76.9. The molecule has 37 heteroatoms. The minimum absolute atomic E-state index is 0.0330. The smallest absolute Gasteiger partial charge is 0.410 e. The maximum atomic E-state index is 13.7. The summed E-state index contributed by atoms with van der Waals surface area (Å²) in [5.74, 6) is -1.41. The van der Waals surface area contributed by atoms with Crippen LogP contribution in [0.1, 0.15) is 137 Å². The Hall–Kier alpha value is -9.89. The number of ether oxygens (including phenoxy) is 4. The number of nitrogens with zero attached hydrogens (tertiary/aromatic N) is 14. The van der Waals surface area contributed by atoms with Gasteiger partial charge in [-0.25, -0.2) is 65.8 Å². The summed E-state index contributed by atoms with van der Waals surface area (Å²) in [6, 6.07) is 20.8. The van der Waals surface area contributed by atoms with Crippen LogP contribution in [0.5, 0.6) is 17.2 Å². The van der Waals surface area contributed by atoms with E-state index in [1.54, 1.807) is 52.7 Å². The van der Waals surface area contributed by atoms with Crippen molar-refractivity contribution in [2.75, 3.05) is 60.7 Å². The van der Waals surface area contributed by atoms with Crippen molar-refractivity contribution in [2.45, 2.75) is 171 Å². The van der Waals surface area contributed by atoms with Crippen molar-refractivity contribution in [3.63, 3.8) is 0 Å². The van der Waals surface area contributed by atoms with Crippen LogP contribution in [0.2, 0.25) is 30.1 Å². The average Bonchev–Trinajstić information content (AvgIpc) is 1.62. The summed E-state index contributed by atoms with van der Waals surface area (Å²) >= 11 is 43.1. The molecule has 2 amide bonds. The molecule has 3 aliphatic rings. The van der Waals surface area contributed by atoms with Crippen LogP contribution in [0.15, 0.2) is 110 Å². The molecule has 3 fully saturated rings. The number of hydrogen-bond acceptors (Lipinski definition) is 19. The topological polar surface area (TPSA) is 265 Å². The number of halogens is 13. The number of carbonyl (C=O) groups is 2. The molecule has 126 heavy (non-hydrogen) atoms. The van der Waals surface area contributed by atoms with Crippen molar-refractivity contribution in [1.82, 2.24) is 68.4 Å². The van der Waals surface area contributed by atoms with Gasteiger partial charge in [0.05, 0.1) is 78.6 Å². The van der Waals surface area contributed by atoms with E-state index in [2.05, 4.69) is 51.4 Å². The van der Waals surface area contributed by atoms with E-state index < -0.39 is 46.1 Å². The Kier molecular flexibility index (Phi) is 32.4. The summed E-state index contributed by atoms with van der Waals surface area (Å²) in [7, 11) is 0. The third-order valence-corrected chi connectivity index (χ3v) is 22.3. The lowest BCUT2D eigenvalue weighted by molar-refractivity contribution is 0.0148. The second-order valence-corrected chi connectivity index (χ2v) is 36.0. The molecule has 24 nitrogen and oxygen atoms in total. The molecule has 670 valence electrons. The lowest BCUT2D eigenvalue weighted by Crippen LogP contribution is -2.43. The third kappa shape index (κ3) is 24.7. The van der Waals surface area contributed by atoms with Crippen LogP contribution in [0, 0.1) is 52.7 Å². The van der Waals surface area contributed by atoms with Gasteiger partial charge in [0, 0.05) is 70.8 Å². The summed E-state index contributed by atoms with van der Waals surface area (Å²) in [6.45, 7) is 22.2. The number of alkyl halides is 1.